The second-order valence-corrected chi connectivity index (χ2v) is 1.97. The Bertz CT molecular complexity index is 174. The second kappa shape index (κ2) is 3.76. The van der Waals surface area contributed by atoms with Crippen molar-refractivity contribution in [1.82, 2.24) is 0 Å². The van der Waals surface area contributed by atoms with Crippen LogP contribution in [0.25, 0.3) is 0 Å². The second-order valence-electron chi connectivity index (χ2n) is 1.97. The fourth-order valence-electron chi connectivity index (χ4n) is 0.524. The summed E-state index contributed by atoms with van der Waals surface area (Å²) in [5.41, 5.74) is 4.41. The minimum absolute atomic E-state index is 0.0231. The van der Waals surface area contributed by atoms with Crippen molar-refractivity contribution >= 4 is 17.3 Å². The molecule has 0 radical (unpaired) electrons. The summed E-state index contributed by atoms with van der Waals surface area (Å²) in [5, 5.41) is 14.1. The standard InChI is InChI=1S/C6H11N3O/c1-2-3-4(7)5(8)6(9)10/h7-8H,2-3H2,1H3,(H2,9,10). The van der Waals surface area contributed by atoms with Gasteiger partial charge in [0.05, 0.1) is 5.71 Å². The van der Waals surface area contributed by atoms with E-state index < -0.39 is 5.91 Å². The van der Waals surface area contributed by atoms with Crippen LogP contribution in [-0.2, 0) is 4.79 Å². The third kappa shape index (κ3) is 2.39. The smallest absolute Gasteiger partial charge is 0.268 e. The third-order valence-corrected chi connectivity index (χ3v) is 1.05. The van der Waals surface area contributed by atoms with Crippen molar-refractivity contribution in [1.29, 1.82) is 10.8 Å². The molecule has 0 atom stereocenters. The number of carbonyl (C=O) groups is 1. The van der Waals surface area contributed by atoms with Crippen molar-refractivity contribution in [2.45, 2.75) is 19.8 Å². The molecule has 4 N–H and O–H groups in total. The van der Waals surface area contributed by atoms with E-state index in [1.54, 1.807) is 0 Å². The maximum Gasteiger partial charge on any atom is 0.268 e. The summed E-state index contributed by atoms with van der Waals surface area (Å²) in [6.45, 7) is 1.88. The lowest BCUT2D eigenvalue weighted by molar-refractivity contribution is -0.111. The number of primary amides is 1. The van der Waals surface area contributed by atoms with Crippen LogP contribution in [0.4, 0.5) is 0 Å². The fraction of sp³-hybridized carbons (Fsp3) is 0.500. The first-order valence-electron chi connectivity index (χ1n) is 3.05. The molecule has 4 heteroatoms. The molecular weight excluding hydrogens is 130 g/mol. The van der Waals surface area contributed by atoms with Gasteiger partial charge in [0, 0.05) is 0 Å². The minimum atomic E-state index is -0.821. The highest BCUT2D eigenvalue weighted by Crippen LogP contribution is 1.90. The van der Waals surface area contributed by atoms with Gasteiger partial charge in [0.15, 0.2) is 0 Å². The van der Waals surface area contributed by atoms with Gasteiger partial charge in [-0.2, -0.15) is 0 Å². The number of carbonyl (C=O) groups excluding carboxylic acids is 1. The molecule has 0 aromatic carbocycles. The molecule has 0 fully saturated rings. The summed E-state index contributed by atoms with van der Waals surface area (Å²) in [6, 6.07) is 0. The van der Waals surface area contributed by atoms with Gasteiger partial charge in [-0.25, -0.2) is 0 Å². The van der Waals surface area contributed by atoms with E-state index in [2.05, 4.69) is 0 Å². The zero-order valence-corrected chi connectivity index (χ0v) is 5.90. The van der Waals surface area contributed by atoms with E-state index in [1.807, 2.05) is 6.92 Å². The molecular formula is C6H11N3O. The van der Waals surface area contributed by atoms with Crippen LogP contribution < -0.4 is 5.73 Å². The lowest BCUT2D eigenvalue weighted by Crippen LogP contribution is -2.29. The molecule has 0 aromatic rings. The topological polar surface area (TPSA) is 90.8 Å². The van der Waals surface area contributed by atoms with Crippen molar-refractivity contribution in [2.75, 3.05) is 0 Å². The number of nitrogens with two attached hydrogens (primary N) is 1. The maximum absolute atomic E-state index is 10.3. The average Bonchev–Trinajstić information content (AvgIpc) is 1.87. The van der Waals surface area contributed by atoms with Crippen LogP contribution in [0.3, 0.4) is 0 Å². The van der Waals surface area contributed by atoms with Crippen LogP contribution in [-0.4, -0.2) is 17.3 Å². The number of hydrogen-bond donors (Lipinski definition) is 3. The predicted molar refractivity (Wildman–Crippen MR) is 39.6 cm³/mol. The van der Waals surface area contributed by atoms with Gasteiger partial charge in [-0.3, -0.25) is 10.2 Å². The van der Waals surface area contributed by atoms with Crippen molar-refractivity contribution in [2.24, 2.45) is 5.73 Å². The summed E-state index contributed by atoms with van der Waals surface area (Å²) < 4.78 is 0. The van der Waals surface area contributed by atoms with Crippen LogP contribution >= 0.6 is 0 Å². The molecule has 0 aromatic heterocycles. The Kier molecular flexibility index (Phi) is 3.32. The highest BCUT2D eigenvalue weighted by molar-refractivity contribution is 6.65. The van der Waals surface area contributed by atoms with Crippen LogP contribution in [0, 0.1) is 10.8 Å². The first-order chi connectivity index (χ1) is 4.59. The van der Waals surface area contributed by atoms with Gasteiger partial charge in [-0.1, -0.05) is 13.3 Å². The highest BCUT2D eigenvalue weighted by Gasteiger charge is 2.08. The predicted octanol–water partition coefficient (Wildman–Crippen LogP) is 0.311. The number of nitrogens with one attached hydrogen (secondary N) is 2. The van der Waals surface area contributed by atoms with Gasteiger partial charge in [0.1, 0.15) is 5.71 Å². The molecule has 0 aliphatic heterocycles. The monoisotopic (exact) mass is 141 g/mol. The molecule has 56 valence electrons. The Hall–Kier alpha value is -1.19. The van der Waals surface area contributed by atoms with Crippen LogP contribution in [0.2, 0.25) is 0 Å². The van der Waals surface area contributed by atoms with E-state index in [4.69, 9.17) is 16.6 Å². The molecule has 1 amide bonds. The van der Waals surface area contributed by atoms with Crippen molar-refractivity contribution in [3.63, 3.8) is 0 Å². The first-order valence-corrected chi connectivity index (χ1v) is 3.05. The Labute approximate surface area is 59.4 Å². The zero-order valence-electron chi connectivity index (χ0n) is 5.90. The summed E-state index contributed by atoms with van der Waals surface area (Å²) >= 11 is 0. The number of hydrogen-bond acceptors (Lipinski definition) is 3. The van der Waals surface area contributed by atoms with E-state index in [9.17, 15) is 4.79 Å². The van der Waals surface area contributed by atoms with Gasteiger partial charge in [-0.05, 0) is 6.42 Å². The molecule has 0 spiro atoms. The molecule has 0 bridgehead atoms. The summed E-state index contributed by atoms with van der Waals surface area (Å²) in [7, 11) is 0. The van der Waals surface area contributed by atoms with Crippen molar-refractivity contribution in [3.05, 3.63) is 0 Å². The highest BCUT2D eigenvalue weighted by atomic mass is 16.1. The maximum atomic E-state index is 10.3. The quantitative estimate of drug-likeness (QED) is 0.483. The van der Waals surface area contributed by atoms with Crippen LogP contribution in [0.5, 0.6) is 0 Å². The van der Waals surface area contributed by atoms with Crippen LogP contribution in [0.15, 0.2) is 0 Å². The molecule has 0 aliphatic carbocycles. The lowest BCUT2D eigenvalue weighted by Gasteiger charge is -1.97. The summed E-state index contributed by atoms with van der Waals surface area (Å²) in [5.74, 6) is -0.821. The molecule has 0 heterocycles. The Morgan fingerprint density at radius 3 is 2.30 bits per heavy atom. The molecule has 4 nitrogen and oxygen atoms in total. The molecule has 0 saturated carbocycles. The summed E-state index contributed by atoms with van der Waals surface area (Å²) in [4.78, 5) is 10.3. The average molecular weight is 141 g/mol. The molecule has 0 rings (SSSR count). The number of rotatable bonds is 4. The Morgan fingerprint density at radius 2 is 2.00 bits per heavy atom. The minimum Gasteiger partial charge on any atom is -0.364 e. The van der Waals surface area contributed by atoms with E-state index in [0.29, 0.717) is 6.42 Å². The normalized spacial score (nSPS) is 8.90. The lowest BCUT2D eigenvalue weighted by atomic mass is 10.1. The SMILES string of the molecule is CCCC(=N)C(=N)C(N)=O. The van der Waals surface area contributed by atoms with E-state index in [-0.39, 0.29) is 11.4 Å². The zero-order chi connectivity index (χ0) is 8.15. The first kappa shape index (κ1) is 8.81. The summed E-state index contributed by atoms with van der Waals surface area (Å²) in [6.07, 6.45) is 1.20. The Balaban J connectivity index is 3.96. The van der Waals surface area contributed by atoms with Gasteiger partial charge in [0.25, 0.3) is 5.91 Å². The van der Waals surface area contributed by atoms with E-state index in [0.717, 1.165) is 6.42 Å². The Morgan fingerprint density at radius 1 is 1.50 bits per heavy atom. The van der Waals surface area contributed by atoms with E-state index >= 15 is 0 Å². The molecule has 0 saturated heterocycles. The van der Waals surface area contributed by atoms with Gasteiger partial charge < -0.3 is 11.1 Å². The van der Waals surface area contributed by atoms with Gasteiger partial charge in [-0.15, -0.1) is 0 Å². The van der Waals surface area contributed by atoms with E-state index in [1.165, 1.54) is 0 Å². The van der Waals surface area contributed by atoms with Crippen LogP contribution in [0.1, 0.15) is 19.8 Å². The largest absolute Gasteiger partial charge is 0.364 e. The van der Waals surface area contributed by atoms with Gasteiger partial charge >= 0.3 is 0 Å². The molecule has 0 aliphatic rings. The fourth-order valence-corrected chi connectivity index (χ4v) is 0.524. The van der Waals surface area contributed by atoms with Crippen molar-refractivity contribution < 1.29 is 4.79 Å². The van der Waals surface area contributed by atoms with Gasteiger partial charge in [0.2, 0.25) is 0 Å². The molecule has 10 heavy (non-hydrogen) atoms. The molecule has 0 unspecified atom stereocenters. The third-order valence-electron chi connectivity index (χ3n) is 1.05. The number of amides is 1. The van der Waals surface area contributed by atoms with Crippen molar-refractivity contribution in [3.8, 4) is 0 Å².